The van der Waals surface area contributed by atoms with Crippen molar-refractivity contribution in [2.24, 2.45) is 0 Å². The number of carbonyl (C=O) groups is 1. The highest BCUT2D eigenvalue weighted by Crippen LogP contribution is 2.26. The molecule has 1 aliphatic rings. The number of esters is 1. The SMILES string of the molecule is CCOC(=O)c1cccc(Nc2ncnc(NCCN3CCCCC3)c2N)c1. The standard InChI is InChI=1S/C20H28N6O2/c1-2-28-20(27)15-7-6-8-16(13-15)25-19-17(21)18(23-14-24-19)22-9-12-26-10-4-3-5-11-26/h6-8,13-14H,2-5,9-12,21H2,1H3,(H2,22,23,24,25). The summed E-state index contributed by atoms with van der Waals surface area (Å²) in [6.45, 7) is 6.17. The Labute approximate surface area is 165 Å². The highest BCUT2D eigenvalue weighted by atomic mass is 16.5. The lowest BCUT2D eigenvalue weighted by Crippen LogP contribution is -2.33. The second-order valence-electron chi connectivity index (χ2n) is 6.74. The van der Waals surface area contributed by atoms with E-state index in [2.05, 4.69) is 25.5 Å². The van der Waals surface area contributed by atoms with Crippen LogP contribution in [0.4, 0.5) is 23.0 Å². The van der Waals surface area contributed by atoms with Crippen molar-refractivity contribution in [3.63, 3.8) is 0 Å². The minimum Gasteiger partial charge on any atom is -0.462 e. The summed E-state index contributed by atoms with van der Waals surface area (Å²) >= 11 is 0. The number of ether oxygens (including phenoxy) is 1. The van der Waals surface area contributed by atoms with Crippen LogP contribution in [0.1, 0.15) is 36.5 Å². The van der Waals surface area contributed by atoms with Gasteiger partial charge in [-0.3, -0.25) is 0 Å². The summed E-state index contributed by atoms with van der Waals surface area (Å²) in [5.74, 6) is 0.745. The lowest BCUT2D eigenvalue weighted by molar-refractivity contribution is 0.0526. The Morgan fingerprint density at radius 3 is 2.79 bits per heavy atom. The van der Waals surface area contributed by atoms with E-state index in [1.165, 1.54) is 25.6 Å². The summed E-state index contributed by atoms with van der Waals surface area (Å²) in [4.78, 5) is 22.8. The maximum atomic E-state index is 11.9. The first-order valence-electron chi connectivity index (χ1n) is 9.78. The molecule has 4 N–H and O–H groups in total. The summed E-state index contributed by atoms with van der Waals surface area (Å²) in [7, 11) is 0. The van der Waals surface area contributed by atoms with Crippen LogP contribution in [0.3, 0.4) is 0 Å². The summed E-state index contributed by atoms with van der Waals surface area (Å²) < 4.78 is 5.04. The van der Waals surface area contributed by atoms with Crippen LogP contribution in [0.25, 0.3) is 0 Å². The van der Waals surface area contributed by atoms with E-state index in [4.69, 9.17) is 10.5 Å². The molecule has 1 aromatic heterocycles. The number of nitrogens with one attached hydrogen (secondary N) is 2. The number of piperidine rings is 1. The number of hydrogen-bond acceptors (Lipinski definition) is 8. The van der Waals surface area contributed by atoms with Crippen LogP contribution < -0.4 is 16.4 Å². The van der Waals surface area contributed by atoms with Crippen molar-refractivity contribution in [3.8, 4) is 0 Å². The van der Waals surface area contributed by atoms with Gasteiger partial charge in [0, 0.05) is 18.8 Å². The van der Waals surface area contributed by atoms with Gasteiger partial charge in [-0.1, -0.05) is 12.5 Å². The van der Waals surface area contributed by atoms with Gasteiger partial charge in [0.25, 0.3) is 0 Å². The monoisotopic (exact) mass is 384 g/mol. The molecule has 0 radical (unpaired) electrons. The molecule has 0 atom stereocenters. The predicted molar refractivity (Wildman–Crippen MR) is 111 cm³/mol. The molecule has 1 fully saturated rings. The molecule has 1 saturated heterocycles. The van der Waals surface area contributed by atoms with Crippen molar-refractivity contribution >= 4 is 29.0 Å². The van der Waals surface area contributed by atoms with Gasteiger partial charge in [0.05, 0.1) is 12.2 Å². The van der Waals surface area contributed by atoms with Crippen molar-refractivity contribution in [3.05, 3.63) is 36.2 Å². The number of aromatic nitrogens is 2. The summed E-state index contributed by atoms with van der Waals surface area (Å²) in [6, 6.07) is 7.04. The normalized spacial score (nSPS) is 14.5. The van der Waals surface area contributed by atoms with Gasteiger partial charge in [0.15, 0.2) is 11.6 Å². The Bertz CT molecular complexity index is 792. The van der Waals surface area contributed by atoms with E-state index < -0.39 is 0 Å². The fraction of sp³-hybridized carbons (Fsp3) is 0.450. The van der Waals surface area contributed by atoms with Crippen LogP contribution in [-0.2, 0) is 4.74 Å². The lowest BCUT2D eigenvalue weighted by atomic mass is 10.1. The van der Waals surface area contributed by atoms with Crippen LogP contribution in [0.2, 0.25) is 0 Å². The van der Waals surface area contributed by atoms with E-state index >= 15 is 0 Å². The molecule has 3 rings (SSSR count). The number of nitrogens with zero attached hydrogens (tertiary/aromatic N) is 3. The van der Waals surface area contributed by atoms with Crippen molar-refractivity contribution in [1.29, 1.82) is 0 Å². The van der Waals surface area contributed by atoms with Gasteiger partial charge in [-0.05, 0) is 51.1 Å². The fourth-order valence-electron chi connectivity index (χ4n) is 3.23. The number of nitrogen functional groups attached to an aromatic ring is 1. The molecule has 0 saturated carbocycles. The molecule has 1 aromatic carbocycles. The molecule has 28 heavy (non-hydrogen) atoms. The Morgan fingerprint density at radius 1 is 1.21 bits per heavy atom. The Kier molecular flexibility index (Phi) is 7.02. The number of anilines is 4. The third-order valence-electron chi connectivity index (χ3n) is 4.69. The smallest absolute Gasteiger partial charge is 0.338 e. The van der Waals surface area contributed by atoms with E-state index in [0.717, 1.165) is 26.2 Å². The molecule has 0 aliphatic carbocycles. The number of likely N-dealkylation sites (tertiary alicyclic amines) is 1. The van der Waals surface area contributed by atoms with Crippen LogP contribution in [0, 0.1) is 0 Å². The first-order chi connectivity index (χ1) is 13.7. The third-order valence-corrected chi connectivity index (χ3v) is 4.69. The predicted octanol–water partition coefficient (Wildman–Crippen LogP) is 2.88. The van der Waals surface area contributed by atoms with E-state index in [0.29, 0.717) is 35.2 Å². The molecule has 8 heteroatoms. The molecule has 0 bridgehead atoms. The van der Waals surface area contributed by atoms with Gasteiger partial charge in [0.1, 0.15) is 12.0 Å². The molecule has 2 aromatic rings. The van der Waals surface area contributed by atoms with E-state index in [1.54, 1.807) is 25.1 Å². The van der Waals surface area contributed by atoms with E-state index in [1.807, 2.05) is 6.07 Å². The molecule has 0 amide bonds. The first kappa shape index (κ1) is 19.9. The topological polar surface area (TPSA) is 105 Å². The maximum Gasteiger partial charge on any atom is 0.338 e. The summed E-state index contributed by atoms with van der Waals surface area (Å²) in [5.41, 5.74) is 7.86. The Hall–Kier alpha value is -2.87. The minimum absolute atomic E-state index is 0.335. The largest absolute Gasteiger partial charge is 0.462 e. The minimum atomic E-state index is -0.359. The number of nitrogens with two attached hydrogens (primary N) is 1. The highest BCUT2D eigenvalue weighted by molar-refractivity contribution is 5.91. The molecular weight excluding hydrogens is 356 g/mol. The summed E-state index contributed by atoms with van der Waals surface area (Å²) in [6.07, 6.45) is 5.34. The van der Waals surface area contributed by atoms with E-state index in [9.17, 15) is 4.79 Å². The van der Waals surface area contributed by atoms with Crippen molar-refractivity contribution in [2.75, 3.05) is 49.2 Å². The number of benzene rings is 1. The van der Waals surface area contributed by atoms with Gasteiger partial charge in [-0.25, -0.2) is 14.8 Å². The zero-order valence-electron chi connectivity index (χ0n) is 16.3. The van der Waals surface area contributed by atoms with Crippen LogP contribution in [0.15, 0.2) is 30.6 Å². The average Bonchev–Trinajstić information content (AvgIpc) is 2.72. The molecule has 2 heterocycles. The average molecular weight is 384 g/mol. The molecular formula is C20H28N6O2. The Balaban J connectivity index is 1.62. The first-order valence-corrected chi connectivity index (χ1v) is 9.78. The van der Waals surface area contributed by atoms with Crippen LogP contribution >= 0.6 is 0 Å². The maximum absolute atomic E-state index is 11.9. The molecule has 150 valence electrons. The van der Waals surface area contributed by atoms with Gasteiger partial charge in [-0.2, -0.15) is 0 Å². The van der Waals surface area contributed by atoms with Crippen LogP contribution in [-0.4, -0.2) is 53.6 Å². The second kappa shape index (κ2) is 9.89. The van der Waals surface area contributed by atoms with Gasteiger partial charge in [-0.15, -0.1) is 0 Å². The number of hydrogen-bond donors (Lipinski definition) is 3. The number of rotatable bonds is 8. The third kappa shape index (κ3) is 5.32. The highest BCUT2D eigenvalue weighted by Gasteiger charge is 2.12. The van der Waals surface area contributed by atoms with Crippen LogP contribution in [0.5, 0.6) is 0 Å². The lowest BCUT2D eigenvalue weighted by Gasteiger charge is -2.26. The van der Waals surface area contributed by atoms with Gasteiger partial charge < -0.3 is 26.0 Å². The zero-order valence-corrected chi connectivity index (χ0v) is 16.3. The quantitative estimate of drug-likeness (QED) is 0.597. The van der Waals surface area contributed by atoms with Crippen molar-refractivity contribution < 1.29 is 9.53 Å². The van der Waals surface area contributed by atoms with Gasteiger partial charge in [0.2, 0.25) is 0 Å². The second-order valence-corrected chi connectivity index (χ2v) is 6.74. The number of carbonyl (C=O) groups excluding carboxylic acids is 1. The Morgan fingerprint density at radius 2 is 2.00 bits per heavy atom. The van der Waals surface area contributed by atoms with Crippen molar-refractivity contribution in [1.82, 2.24) is 14.9 Å². The molecule has 1 aliphatic heterocycles. The molecule has 0 unspecified atom stereocenters. The molecule has 8 nitrogen and oxygen atoms in total. The zero-order chi connectivity index (χ0) is 19.8. The fourth-order valence-corrected chi connectivity index (χ4v) is 3.23. The van der Waals surface area contributed by atoms with E-state index in [-0.39, 0.29) is 5.97 Å². The summed E-state index contributed by atoms with van der Waals surface area (Å²) in [5, 5.41) is 6.46. The van der Waals surface area contributed by atoms with Crippen molar-refractivity contribution in [2.45, 2.75) is 26.2 Å². The molecule has 0 spiro atoms. The van der Waals surface area contributed by atoms with Gasteiger partial charge >= 0.3 is 5.97 Å².